The van der Waals surface area contributed by atoms with E-state index in [1.165, 1.54) is 5.56 Å². The van der Waals surface area contributed by atoms with Crippen molar-refractivity contribution in [2.45, 2.75) is 46.2 Å². The summed E-state index contributed by atoms with van der Waals surface area (Å²) >= 11 is 12.3. The number of aromatic nitrogens is 2. The minimum atomic E-state index is 0.0744. The first-order chi connectivity index (χ1) is 9.81. The summed E-state index contributed by atoms with van der Waals surface area (Å²) < 4.78 is 1.90. The summed E-state index contributed by atoms with van der Waals surface area (Å²) in [5, 5.41) is 9.23. The summed E-state index contributed by atoms with van der Waals surface area (Å²) in [4.78, 5) is 0. The molecule has 0 fully saturated rings. The summed E-state index contributed by atoms with van der Waals surface area (Å²) in [6, 6.07) is 5.47. The Bertz CT molecular complexity index is 627. The van der Waals surface area contributed by atoms with Gasteiger partial charge in [0.2, 0.25) is 0 Å². The van der Waals surface area contributed by atoms with Gasteiger partial charge in [0.05, 0.1) is 16.9 Å². The second-order valence-electron chi connectivity index (χ2n) is 6.08. The number of hydrogen-bond acceptors (Lipinski definition) is 2. The highest BCUT2D eigenvalue weighted by Crippen LogP contribution is 2.26. The molecular weight excluding hydrogens is 305 g/mol. The summed E-state index contributed by atoms with van der Waals surface area (Å²) in [7, 11) is 0. The average Bonchev–Trinajstić information content (AvgIpc) is 2.78. The van der Waals surface area contributed by atoms with Crippen LogP contribution in [-0.2, 0) is 13.0 Å². The summed E-state index contributed by atoms with van der Waals surface area (Å²) in [6.45, 7) is 9.37. The van der Waals surface area contributed by atoms with E-state index >= 15 is 0 Å². The van der Waals surface area contributed by atoms with Crippen LogP contribution in [0.4, 0.5) is 0 Å². The lowest BCUT2D eigenvalue weighted by molar-refractivity contribution is 0.423. The topological polar surface area (TPSA) is 29.9 Å². The fourth-order valence-electron chi connectivity index (χ4n) is 2.15. The first-order valence-electron chi connectivity index (χ1n) is 7.08. The van der Waals surface area contributed by atoms with Crippen molar-refractivity contribution in [2.24, 2.45) is 0 Å². The molecule has 0 spiro atoms. The van der Waals surface area contributed by atoms with Crippen LogP contribution in [0.25, 0.3) is 5.69 Å². The number of hydrogen-bond donors (Lipinski definition) is 1. The molecule has 1 aromatic carbocycles. The maximum atomic E-state index is 6.29. The van der Waals surface area contributed by atoms with E-state index in [1.807, 2.05) is 23.0 Å². The van der Waals surface area contributed by atoms with E-state index < -0.39 is 0 Å². The molecule has 0 bridgehead atoms. The van der Waals surface area contributed by atoms with Crippen molar-refractivity contribution in [3.8, 4) is 5.69 Å². The third-order valence-electron chi connectivity index (χ3n) is 3.24. The van der Waals surface area contributed by atoms with Crippen LogP contribution in [0.1, 0.15) is 39.0 Å². The van der Waals surface area contributed by atoms with Gasteiger partial charge in [0.25, 0.3) is 0 Å². The zero-order valence-electron chi connectivity index (χ0n) is 12.9. The number of halogens is 2. The Morgan fingerprint density at radius 2 is 1.95 bits per heavy atom. The highest BCUT2D eigenvalue weighted by atomic mass is 35.5. The summed E-state index contributed by atoms with van der Waals surface area (Å²) in [5.74, 6) is 0. The highest BCUT2D eigenvalue weighted by molar-refractivity contribution is 6.35. The third-order valence-corrected chi connectivity index (χ3v) is 3.78. The van der Waals surface area contributed by atoms with Crippen LogP contribution >= 0.6 is 23.2 Å². The van der Waals surface area contributed by atoms with Crippen molar-refractivity contribution >= 4 is 23.2 Å². The molecule has 1 N–H and O–H groups in total. The highest BCUT2D eigenvalue weighted by Gasteiger charge is 2.15. The molecular formula is C16H21Cl2N3. The molecule has 0 unspecified atom stereocenters. The van der Waals surface area contributed by atoms with E-state index in [0.717, 1.165) is 24.3 Å². The van der Waals surface area contributed by atoms with Crippen molar-refractivity contribution in [2.75, 3.05) is 0 Å². The molecule has 0 aliphatic carbocycles. The summed E-state index contributed by atoms with van der Waals surface area (Å²) in [6.07, 6.45) is 2.79. The van der Waals surface area contributed by atoms with E-state index in [4.69, 9.17) is 23.2 Å². The van der Waals surface area contributed by atoms with Crippen molar-refractivity contribution in [3.05, 3.63) is 45.7 Å². The Balaban J connectivity index is 2.35. The Morgan fingerprint density at radius 3 is 2.52 bits per heavy atom. The Kier molecular flexibility index (Phi) is 4.97. The standard InChI is InChI=1S/C16H21Cl2N3/c1-5-14-11(9-19-16(2,3)4)10-20-21(14)15-7-6-12(17)8-13(15)18/h6-8,10,19H,5,9H2,1-4H3. The smallest absolute Gasteiger partial charge is 0.0836 e. The number of rotatable bonds is 4. The molecule has 0 saturated heterocycles. The monoisotopic (exact) mass is 325 g/mol. The Morgan fingerprint density at radius 1 is 1.24 bits per heavy atom. The van der Waals surface area contributed by atoms with Gasteiger partial charge in [-0.15, -0.1) is 0 Å². The minimum absolute atomic E-state index is 0.0744. The van der Waals surface area contributed by atoms with Crippen molar-refractivity contribution in [1.82, 2.24) is 15.1 Å². The summed E-state index contributed by atoms with van der Waals surface area (Å²) in [5.41, 5.74) is 3.29. The zero-order chi connectivity index (χ0) is 15.6. The fraction of sp³-hybridized carbons (Fsp3) is 0.438. The second-order valence-corrected chi connectivity index (χ2v) is 6.92. The van der Waals surface area contributed by atoms with Crippen molar-refractivity contribution in [3.63, 3.8) is 0 Å². The maximum absolute atomic E-state index is 6.29. The molecule has 2 rings (SSSR count). The zero-order valence-corrected chi connectivity index (χ0v) is 14.4. The van der Waals surface area contributed by atoms with Gasteiger partial charge in [-0.3, -0.25) is 0 Å². The molecule has 0 aliphatic rings. The molecule has 1 aromatic heterocycles. The number of nitrogens with one attached hydrogen (secondary N) is 1. The molecule has 0 amide bonds. The van der Waals surface area contributed by atoms with Gasteiger partial charge in [0.15, 0.2) is 0 Å². The lowest BCUT2D eigenvalue weighted by atomic mass is 10.1. The molecule has 0 radical (unpaired) electrons. The van der Waals surface area contributed by atoms with E-state index in [9.17, 15) is 0 Å². The van der Waals surface area contributed by atoms with Crippen LogP contribution in [0.15, 0.2) is 24.4 Å². The average molecular weight is 326 g/mol. The minimum Gasteiger partial charge on any atom is -0.308 e. The second kappa shape index (κ2) is 6.39. The van der Waals surface area contributed by atoms with Crippen molar-refractivity contribution in [1.29, 1.82) is 0 Å². The lowest BCUT2D eigenvalue weighted by Crippen LogP contribution is -2.35. The van der Waals surface area contributed by atoms with Crippen molar-refractivity contribution < 1.29 is 0 Å². The van der Waals surface area contributed by atoms with Crippen LogP contribution in [0.2, 0.25) is 10.0 Å². The maximum Gasteiger partial charge on any atom is 0.0836 e. The molecule has 1 heterocycles. The van der Waals surface area contributed by atoms with Gasteiger partial charge in [-0.2, -0.15) is 5.10 Å². The van der Waals surface area contributed by atoms with Crippen LogP contribution in [-0.4, -0.2) is 15.3 Å². The fourth-order valence-corrected chi connectivity index (χ4v) is 2.64. The largest absolute Gasteiger partial charge is 0.308 e. The van der Waals surface area contributed by atoms with Gasteiger partial charge in [0, 0.05) is 28.4 Å². The predicted octanol–water partition coefficient (Wildman–Crippen LogP) is 4.63. The first kappa shape index (κ1) is 16.3. The Hall–Kier alpha value is -1.03. The van der Waals surface area contributed by atoms with Gasteiger partial charge in [0.1, 0.15) is 0 Å². The van der Waals surface area contributed by atoms with E-state index in [-0.39, 0.29) is 5.54 Å². The SMILES string of the molecule is CCc1c(CNC(C)(C)C)cnn1-c1ccc(Cl)cc1Cl. The van der Waals surface area contributed by atoms with Crippen LogP contribution in [0, 0.1) is 0 Å². The Labute approximate surface area is 136 Å². The molecule has 2 aromatic rings. The molecule has 0 atom stereocenters. The third kappa shape index (κ3) is 4.00. The molecule has 0 aliphatic heterocycles. The van der Waals surface area contributed by atoms with Gasteiger partial charge >= 0.3 is 0 Å². The quantitative estimate of drug-likeness (QED) is 0.888. The van der Waals surface area contributed by atoms with Gasteiger partial charge in [-0.1, -0.05) is 30.1 Å². The van der Waals surface area contributed by atoms with E-state index in [1.54, 1.807) is 6.07 Å². The van der Waals surface area contributed by atoms with Gasteiger partial charge < -0.3 is 5.32 Å². The molecule has 21 heavy (non-hydrogen) atoms. The van der Waals surface area contributed by atoms with Crippen LogP contribution < -0.4 is 5.32 Å². The lowest BCUT2D eigenvalue weighted by Gasteiger charge is -2.20. The van der Waals surface area contributed by atoms with Gasteiger partial charge in [-0.25, -0.2) is 4.68 Å². The van der Waals surface area contributed by atoms with Gasteiger partial charge in [-0.05, 0) is 45.4 Å². The number of nitrogens with zero attached hydrogens (tertiary/aromatic N) is 2. The number of benzene rings is 1. The molecule has 5 heteroatoms. The van der Waals surface area contributed by atoms with E-state index in [2.05, 4.69) is 38.1 Å². The van der Waals surface area contributed by atoms with E-state index in [0.29, 0.717) is 10.0 Å². The predicted molar refractivity (Wildman–Crippen MR) is 89.6 cm³/mol. The van der Waals surface area contributed by atoms with Crippen LogP contribution in [0.3, 0.4) is 0 Å². The molecule has 3 nitrogen and oxygen atoms in total. The van der Waals surface area contributed by atoms with Crippen LogP contribution in [0.5, 0.6) is 0 Å². The molecule has 0 saturated carbocycles. The molecule has 114 valence electrons. The normalized spacial score (nSPS) is 11.9. The first-order valence-corrected chi connectivity index (χ1v) is 7.83.